The second-order valence-corrected chi connectivity index (χ2v) is 3.39. The van der Waals surface area contributed by atoms with Crippen LogP contribution >= 0.6 is 0 Å². The zero-order chi connectivity index (χ0) is 9.97. The van der Waals surface area contributed by atoms with Gasteiger partial charge in [0.25, 0.3) is 0 Å². The molecule has 1 heterocycles. The highest BCUT2D eigenvalue weighted by molar-refractivity contribution is 5.40. The van der Waals surface area contributed by atoms with Crippen molar-refractivity contribution in [2.45, 2.75) is 25.8 Å². The van der Waals surface area contributed by atoms with Crippen molar-refractivity contribution in [3.05, 3.63) is 18.1 Å². The smallest absolute Gasteiger partial charge is 0.158 e. The number of aromatic nitrogens is 2. The second-order valence-electron chi connectivity index (χ2n) is 3.39. The fourth-order valence-corrected chi connectivity index (χ4v) is 1.52. The molecule has 0 radical (unpaired) electrons. The molecule has 1 aromatic rings. The summed E-state index contributed by atoms with van der Waals surface area (Å²) in [6.45, 7) is 3.06. The van der Waals surface area contributed by atoms with Gasteiger partial charge < -0.3 is 4.90 Å². The van der Waals surface area contributed by atoms with Gasteiger partial charge in [-0.25, -0.2) is 9.97 Å². The summed E-state index contributed by atoms with van der Waals surface area (Å²) in [5.74, 6) is 0.883. The summed E-state index contributed by atoms with van der Waals surface area (Å²) >= 11 is 0. The molecule has 1 aliphatic rings. The van der Waals surface area contributed by atoms with Gasteiger partial charge in [-0.15, -0.1) is 0 Å². The van der Waals surface area contributed by atoms with Gasteiger partial charge >= 0.3 is 0 Å². The molecule has 0 bridgehead atoms. The van der Waals surface area contributed by atoms with E-state index >= 15 is 0 Å². The van der Waals surface area contributed by atoms with Gasteiger partial charge in [0.1, 0.15) is 11.9 Å². The minimum Gasteiger partial charge on any atom is -0.353 e. The van der Waals surface area contributed by atoms with Crippen LogP contribution in [0.1, 0.15) is 25.5 Å². The third kappa shape index (κ3) is 1.67. The normalized spacial score (nSPS) is 14.9. The molecular weight excluding hydrogens is 176 g/mol. The molecule has 14 heavy (non-hydrogen) atoms. The monoisotopic (exact) mass is 188 g/mol. The van der Waals surface area contributed by atoms with Gasteiger partial charge in [-0.1, -0.05) is 0 Å². The van der Waals surface area contributed by atoms with Gasteiger partial charge in [0.05, 0.1) is 12.4 Å². The lowest BCUT2D eigenvalue weighted by atomic mass is 10.4. The zero-order valence-electron chi connectivity index (χ0n) is 8.14. The maximum absolute atomic E-state index is 8.58. The van der Waals surface area contributed by atoms with Crippen LogP contribution in [0, 0.1) is 11.3 Å². The van der Waals surface area contributed by atoms with Crippen molar-refractivity contribution in [1.82, 2.24) is 9.97 Å². The molecule has 1 fully saturated rings. The van der Waals surface area contributed by atoms with E-state index in [9.17, 15) is 0 Å². The molecule has 1 aliphatic carbocycles. The van der Waals surface area contributed by atoms with Crippen molar-refractivity contribution in [3.63, 3.8) is 0 Å². The summed E-state index contributed by atoms with van der Waals surface area (Å²) < 4.78 is 0. The first kappa shape index (κ1) is 8.95. The van der Waals surface area contributed by atoms with E-state index in [1.807, 2.05) is 6.07 Å². The molecule has 1 saturated carbocycles. The van der Waals surface area contributed by atoms with Crippen LogP contribution in [0.5, 0.6) is 0 Å². The van der Waals surface area contributed by atoms with E-state index in [0.717, 1.165) is 12.4 Å². The third-order valence-corrected chi connectivity index (χ3v) is 2.38. The Hall–Kier alpha value is -1.63. The molecule has 4 nitrogen and oxygen atoms in total. The maximum Gasteiger partial charge on any atom is 0.158 e. The number of nitriles is 1. The first-order valence-corrected chi connectivity index (χ1v) is 4.84. The summed E-state index contributed by atoms with van der Waals surface area (Å²) in [5, 5.41) is 8.58. The van der Waals surface area contributed by atoms with Crippen LogP contribution in [-0.2, 0) is 0 Å². The van der Waals surface area contributed by atoms with Crippen LogP contribution in [0.3, 0.4) is 0 Å². The van der Waals surface area contributed by atoms with Gasteiger partial charge in [-0.3, -0.25) is 0 Å². The van der Waals surface area contributed by atoms with Crippen LogP contribution in [0.2, 0.25) is 0 Å². The number of hydrogen-bond acceptors (Lipinski definition) is 4. The highest BCUT2D eigenvalue weighted by Gasteiger charge is 2.28. The molecule has 0 spiro atoms. The van der Waals surface area contributed by atoms with Crippen molar-refractivity contribution in [2.75, 3.05) is 11.4 Å². The Morgan fingerprint density at radius 1 is 1.50 bits per heavy atom. The van der Waals surface area contributed by atoms with Crippen LogP contribution < -0.4 is 4.90 Å². The molecule has 2 rings (SSSR count). The van der Waals surface area contributed by atoms with Crippen LogP contribution in [0.25, 0.3) is 0 Å². The van der Waals surface area contributed by atoms with Gasteiger partial charge in [0, 0.05) is 12.6 Å². The largest absolute Gasteiger partial charge is 0.353 e. The van der Waals surface area contributed by atoms with Crippen molar-refractivity contribution in [2.24, 2.45) is 0 Å². The highest BCUT2D eigenvalue weighted by Crippen LogP contribution is 2.29. The minimum absolute atomic E-state index is 0.376. The predicted molar refractivity (Wildman–Crippen MR) is 52.8 cm³/mol. The van der Waals surface area contributed by atoms with Crippen molar-refractivity contribution < 1.29 is 0 Å². The highest BCUT2D eigenvalue weighted by atomic mass is 15.2. The Morgan fingerprint density at radius 3 is 2.71 bits per heavy atom. The molecular formula is C10H12N4. The minimum atomic E-state index is 0.376. The molecule has 72 valence electrons. The molecule has 0 amide bonds. The molecule has 0 N–H and O–H groups in total. The standard InChI is InChI=1S/C10H12N4/c1-2-14(9-3-4-9)10-7-12-8(5-11)6-13-10/h6-7,9H,2-4H2,1H3. The van der Waals surface area contributed by atoms with Crippen molar-refractivity contribution in [3.8, 4) is 6.07 Å². The predicted octanol–water partition coefficient (Wildman–Crippen LogP) is 1.34. The average molecular weight is 188 g/mol. The first-order chi connectivity index (χ1) is 6.85. The number of anilines is 1. The van der Waals surface area contributed by atoms with Gasteiger partial charge in [0.15, 0.2) is 5.69 Å². The molecule has 0 aromatic carbocycles. The van der Waals surface area contributed by atoms with Crippen LogP contribution in [-0.4, -0.2) is 22.6 Å². The second kappa shape index (κ2) is 3.62. The number of hydrogen-bond donors (Lipinski definition) is 0. The van der Waals surface area contributed by atoms with E-state index in [1.165, 1.54) is 19.0 Å². The Labute approximate surface area is 83.2 Å². The van der Waals surface area contributed by atoms with E-state index in [0.29, 0.717) is 11.7 Å². The Kier molecular flexibility index (Phi) is 2.32. The van der Waals surface area contributed by atoms with Gasteiger partial charge in [-0.05, 0) is 19.8 Å². The summed E-state index contributed by atoms with van der Waals surface area (Å²) in [6, 6.07) is 2.60. The third-order valence-electron chi connectivity index (χ3n) is 2.38. The SMILES string of the molecule is CCN(c1cnc(C#N)cn1)C1CC1. The fourth-order valence-electron chi connectivity index (χ4n) is 1.52. The van der Waals surface area contributed by atoms with E-state index in [-0.39, 0.29) is 0 Å². The quantitative estimate of drug-likeness (QED) is 0.718. The fraction of sp³-hybridized carbons (Fsp3) is 0.500. The summed E-state index contributed by atoms with van der Waals surface area (Å²) in [5.41, 5.74) is 0.376. The Balaban J connectivity index is 2.18. The zero-order valence-corrected chi connectivity index (χ0v) is 8.14. The topological polar surface area (TPSA) is 52.8 Å². The molecule has 0 unspecified atom stereocenters. The van der Waals surface area contributed by atoms with Crippen molar-refractivity contribution in [1.29, 1.82) is 5.26 Å². The Morgan fingerprint density at radius 2 is 2.29 bits per heavy atom. The summed E-state index contributed by atoms with van der Waals surface area (Å²) in [4.78, 5) is 10.5. The maximum atomic E-state index is 8.58. The van der Waals surface area contributed by atoms with Crippen molar-refractivity contribution >= 4 is 5.82 Å². The summed E-state index contributed by atoms with van der Waals surface area (Å²) in [7, 11) is 0. The van der Waals surface area contributed by atoms with Crippen LogP contribution in [0.15, 0.2) is 12.4 Å². The number of rotatable bonds is 3. The summed E-state index contributed by atoms with van der Waals surface area (Å²) in [6.07, 6.45) is 5.70. The van der Waals surface area contributed by atoms with E-state index < -0.39 is 0 Å². The number of nitrogens with zero attached hydrogens (tertiary/aromatic N) is 4. The lowest BCUT2D eigenvalue weighted by Crippen LogP contribution is -2.26. The lowest BCUT2D eigenvalue weighted by molar-refractivity contribution is 0.803. The molecule has 0 atom stereocenters. The molecule has 0 saturated heterocycles. The van der Waals surface area contributed by atoms with E-state index in [2.05, 4.69) is 21.8 Å². The van der Waals surface area contributed by atoms with Gasteiger partial charge in [0.2, 0.25) is 0 Å². The lowest BCUT2D eigenvalue weighted by Gasteiger charge is -2.20. The first-order valence-electron chi connectivity index (χ1n) is 4.84. The van der Waals surface area contributed by atoms with Crippen LogP contribution in [0.4, 0.5) is 5.82 Å². The Bertz CT molecular complexity index is 347. The van der Waals surface area contributed by atoms with E-state index in [1.54, 1.807) is 6.20 Å². The molecule has 0 aliphatic heterocycles. The van der Waals surface area contributed by atoms with E-state index in [4.69, 9.17) is 5.26 Å². The average Bonchev–Trinajstić information content (AvgIpc) is 3.04. The van der Waals surface area contributed by atoms with Gasteiger partial charge in [-0.2, -0.15) is 5.26 Å². The molecule has 4 heteroatoms. The molecule has 1 aromatic heterocycles.